The molecule has 0 fully saturated rings. The number of benzene rings is 10. The minimum Gasteiger partial charge on any atom is -0.455 e. The van der Waals surface area contributed by atoms with E-state index in [-0.39, 0.29) is 0 Å². The van der Waals surface area contributed by atoms with Crippen LogP contribution < -0.4 is 5.32 Å². The van der Waals surface area contributed by atoms with Crippen molar-refractivity contribution in [2.24, 2.45) is 0 Å². The molecule has 0 unspecified atom stereocenters. The lowest BCUT2D eigenvalue weighted by molar-refractivity contribution is 0.670. The number of furan rings is 1. The van der Waals surface area contributed by atoms with Crippen LogP contribution in [-0.4, -0.2) is 4.57 Å². The molecule has 0 saturated carbocycles. The van der Waals surface area contributed by atoms with Gasteiger partial charge in [-0.2, -0.15) is 0 Å². The van der Waals surface area contributed by atoms with Gasteiger partial charge in [-0.05, 0) is 87.5 Å². The highest BCUT2D eigenvalue weighted by atomic mass is 16.3. The molecule has 12 rings (SSSR count). The van der Waals surface area contributed by atoms with Crippen molar-refractivity contribution in [1.29, 1.82) is 0 Å². The molecule has 0 spiro atoms. The van der Waals surface area contributed by atoms with E-state index in [0.717, 1.165) is 72.4 Å². The summed E-state index contributed by atoms with van der Waals surface area (Å²) < 4.78 is 8.97. The summed E-state index contributed by atoms with van der Waals surface area (Å²) in [7, 11) is 0. The van der Waals surface area contributed by atoms with Gasteiger partial charge in [-0.25, -0.2) is 0 Å². The Kier molecular flexibility index (Phi) is 8.83. The van der Waals surface area contributed by atoms with Crippen molar-refractivity contribution < 1.29 is 4.42 Å². The number of fused-ring (bicyclic) bond motifs is 6. The summed E-state index contributed by atoms with van der Waals surface area (Å²) >= 11 is 0. The van der Waals surface area contributed by atoms with E-state index in [1.165, 1.54) is 44.1 Å². The van der Waals surface area contributed by atoms with Crippen LogP contribution in [0.2, 0.25) is 0 Å². The highest BCUT2D eigenvalue weighted by Gasteiger charge is 2.19. The fourth-order valence-electron chi connectivity index (χ4n) is 9.54. The molecule has 12 aromatic rings. The molecule has 0 atom stereocenters. The number of hydrogen-bond acceptors (Lipinski definition) is 2. The molecule has 0 amide bonds. The Morgan fingerprint density at radius 1 is 0.317 bits per heavy atom. The van der Waals surface area contributed by atoms with E-state index in [0.29, 0.717) is 0 Å². The molecule has 3 nitrogen and oxygen atoms in total. The summed E-state index contributed by atoms with van der Waals surface area (Å²) in [6.45, 7) is 0. The van der Waals surface area contributed by atoms with Gasteiger partial charge in [0.15, 0.2) is 0 Å². The minimum atomic E-state index is 0.891. The first kappa shape index (κ1) is 36.5. The van der Waals surface area contributed by atoms with Crippen LogP contribution in [-0.2, 0) is 0 Å². The quantitative estimate of drug-likeness (QED) is 0.166. The maximum Gasteiger partial charge on any atom is 0.143 e. The summed E-state index contributed by atoms with van der Waals surface area (Å²) in [5, 5.41) is 8.62. The van der Waals surface area contributed by atoms with Crippen molar-refractivity contribution in [3.05, 3.63) is 237 Å². The zero-order chi connectivity index (χ0) is 41.7. The van der Waals surface area contributed by atoms with E-state index in [1.807, 2.05) is 12.1 Å². The van der Waals surface area contributed by atoms with Crippen molar-refractivity contribution in [1.82, 2.24) is 4.57 Å². The van der Waals surface area contributed by atoms with Gasteiger partial charge >= 0.3 is 0 Å². The second-order valence-electron chi connectivity index (χ2n) is 16.1. The third-order valence-corrected chi connectivity index (χ3v) is 12.5. The molecule has 2 aromatic heterocycles. The van der Waals surface area contributed by atoms with Crippen LogP contribution in [0.5, 0.6) is 0 Å². The van der Waals surface area contributed by atoms with Crippen molar-refractivity contribution in [3.8, 4) is 61.3 Å². The maximum absolute atomic E-state index is 6.57. The van der Waals surface area contributed by atoms with E-state index >= 15 is 0 Å². The molecule has 0 radical (unpaired) electrons. The standard InChI is InChI=1S/C60H40N2O/c1-2-17-40(18-3-1)44-19-4-5-21-47(44)48-22-6-7-23-49(48)54-39-42(46-27-16-28-53-52-26-11-15-32-59(52)63-60(46)53)35-38-55(54)61-43-36-33-41(34-37-43)45-20-8-12-29-56(45)62-57-30-13-9-24-50(57)51-25-10-14-31-58(51)62/h1-39,61H. The molecular weight excluding hydrogens is 765 g/mol. The van der Waals surface area contributed by atoms with Crippen molar-refractivity contribution >= 4 is 55.1 Å². The Morgan fingerprint density at radius 2 is 0.825 bits per heavy atom. The number of nitrogens with zero attached hydrogens (tertiary/aromatic N) is 1. The van der Waals surface area contributed by atoms with Crippen LogP contribution in [0.3, 0.4) is 0 Å². The van der Waals surface area contributed by atoms with Crippen LogP contribution in [0.25, 0.3) is 105 Å². The maximum atomic E-state index is 6.57. The van der Waals surface area contributed by atoms with E-state index < -0.39 is 0 Å². The monoisotopic (exact) mass is 804 g/mol. The largest absolute Gasteiger partial charge is 0.455 e. The molecule has 3 heteroatoms. The molecule has 0 bridgehead atoms. The Morgan fingerprint density at radius 3 is 1.56 bits per heavy atom. The zero-order valence-electron chi connectivity index (χ0n) is 34.4. The first-order chi connectivity index (χ1) is 31.3. The third kappa shape index (κ3) is 6.29. The molecule has 0 aliphatic rings. The lowest BCUT2D eigenvalue weighted by Crippen LogP contribution is -1.98. The highest BCUT2D eigenvalue weighted by molar-refractivity contribution is 6.11. The summed E-state index contributed by atoms with van der Waals surface area (Å²) in [5.41, 5.74) is 18.8. The number of aromatic nitrogens is 1. The Bertz CT molecular complexity index is 3600. The molecule has 10 aromatic carbocycles. The highest BCUT2D eigenvalue weighted by Crippen LogP contribution is 2.44. The van der Waals surface area contributed by atoms with E-state index in [9.17, 15) is 0 Å². The molecule has 0 aliphatic carbocycles. The van der Waals surface area contributed by atoms with Crippen molar-refractivity contribution in [3.63, 3.8) is 0 Å². The first-order valence-electron chi connectivity index (χ1n) is 21.5. The van der Waals surface area contributed by atoms with Crippen molar-refractivity contribution in [2.75, 3.05) is 5.32 Å². The van der Waals surface area contributed by atoms with Gasteiger partial charge in [-0.1, -0.05) is 188 Å². The Balaban J connectivity index is 0.983. The van der Waals surface area contributed by atoms with E-state index in [2.05, 4.69) is 234 Å². The molecule has 2 heterocycles. The Labute approximate surface area is 365 Å². The lowest BCUT2D eigenvalue weighted by atomic mass is 9.88. The van der Waals surface area contributed by atoms with Crippen LogP contribution in [0.4, 0.5) is 11.4 Å². The summed E-state index contributed by atoms with van der Waals surface area (Å²) in [5.74, 6) is 0. The van der Waals surface area contributed by atoms with Crippen LogP contribution in [0.1, 0.15) is 0 Å². The summed E-state index contributed by atoms with van der Waals surface area (Å²) in [6.07, 6.45) is 0. The second-order valence-corrected chi connectivity index (χ2v) is 16.1. The normalized spacial score (nSPS) is 11.5. The summed E-state index contributed by atoms with van der Waals surface area (Å²) in [6, 6.07) is 84.6. The van der Waals surface area contributed by atoms with Gasteiger partial charge in [-0.15, -0.1) is 0 Å². The summed E-state index contributed by atoms with van der Waals surface area (Å²) in [4.78, 5) is 0. The smallest absolute Gasteiger partial charge is 0.143 e. The van der Waals surface area contributed by atoms with Crippen molar-refractivity contribution in [2.45, 2.75) is 0 Å². The predicted octanol–water partition coefficient (Wildman–Crippen LogP) is 16.8. The van der Waals surface area contributed by atoms with Gasteiger partial charge in [0.1, 0.15) is 11.2 Å². The van der Waals surface area contributed by atoms with Gasteiger partial charge in [0.05, 0.1) is 16.7 Å². The van der Waals surface area contributed by atoms with Gasteiger partial charge in [-0.3, -0.25) is 0 Å². The van der Waals surface area contributed by atoms with Gasteiger partial charge < -0.3 is 14.3 Å². The number of nitrogens with one attached hydrogen (secondary N) is 1. The number of para-hydroxylation sites is 5. The lowest BCUT2D eigenvalue weighted by Gasteiger charge is -2.19. The van der Waals surface area contributed by atoms with E-state index in [4.69, 9.17) is 4.42 Å². The second kappa shape index (κ2) is 15.3. The van der Waals surface area contributed by atoms with Gasteiger partial charge in [0.25, 0.3) is 0 Å². The average molecular weight is 805 g/mol. The molecular formula is C60H40N2O. The topological polar surface area (TPSA) is 30.1 Å². The number of anilines is 2. The molecule has 0 saturated heterocycles. The molecule has 296 valence electrons. The molecule has 0 aliphatic heterocycles. The van der Waals surface area contributed by atoms with Crippen LogP contribution in [0.15, 0.2) is 241 Å². The third-order valence-electron chi connectivity index (χ3n) is 12.5. The average Bonchev–Trinajstić information content (AvgIpc) is 3.91. The predicted molar refractivity (Wildman–Crippen MR) is 265 cm³/mol. The molecule has 63 heavy (non-hydrogen) atoms. The SMILES string of the molecule is c1ccc(-c2ccccc2-c2ccccc2-c2cc(-c3cccc4c3oc3ccccc34)ccc2Nc2ccc(-c3ccccc3-n3c4ccccc4c4ccccc43)cc2)cc1. The Hall–Kier alpha value is -8.40. The number of hydrogen-bond donors (Lipinski definition) is 1. The van der Waals surface area contributed by atoms with Gasteiger partial charge in [0.2, 0.25) is 0 Å². The minimum absolute atomic E-state index is 0.891. The first-order valence-corrected chi connectivity index (χ1v) is 21.5. The fraction of sp³-hybridized carbons (Fsp3) is 0. The van der Waals surface area contributed by atoms with Crippen LogP contribution >= 0.6 is 0 Å². The zero-order valence-corrected chi connectivity index (χ0v) is 34.4. The van der Waals surface area contributed by atoms with Crippen LogP contribution in [0, 0.1) is 0 Å². The van der Waals surface area contributed by atoms with E-state index in [1.54, 1.807) is 0 Å². The number of rotatable bonds is 8. The fourth-order valence-corrected chi connectivity index (χ4v) is 9.54. The van der Waals surface area contributed by atoms with Gasteiger partial charge in [0, 0.05) is 49.6 Å². The molecule has 1 N–H and O–H groups in total.